The maximum Gasteiger partial charge on any atom is 0.416 e. The number of carbonyl (C=O) groups is 1. The maximum absolute atomic E-state index is 13.0. The standard InChI is InChI=1S/C22H20ClF3N2OS/c1-4-18(21(29)27-17-11-14(22(24,25)26)8-9-16(17)23)30-19-10-13(3)15-7-5-6-12(2)20(15)28-19/h5-11,18H,4H2,1-3H3,(H,27,29). The average molecular weight is 453 g/mol. The summed E-state index contributed by atoms with van der Waals surface area (Å²) in [6.07, 6.45) is -4.05. The summed E-state index contributed by atoms with van der Waals surface area (Å²) < 4.78 is 38.9. The van der Waals surface area contributed by atoms with Crippen LogP contribution in [0.2, 0.25) is 5.02 Å². The maximum atomic E-state index is 13.0. The van der Waals surface area contributed by atoms with Crippen LogP contribution >= 0.6 is 23.4 Å². The van der Waals surface area contributed by atoms with Crippen molar-refractivity contribution in [3.05, 3.63) is 64.2 Å². The van der Waals surface area contributed by atoms with Gasteiger partial charge in [0.2, 0.25) is 5.91 Å². The number of alkyl halides is 3. The molecule has 0 aliphatic carbocycles. The Morgan fingerprint density at radius 1 is 1.17 bits per heavy atom. The molecule has 0 saturated heterocycles. The van der Waals surface area contributed by atoms with E-state index in [0.717, 1.165) is 40.2 Å². The van der Waals surface area contributed by atoms with E-state index in [0.29, 0.717) is 11.4 Å². The van der Waals surface area contributed by atoms with Gasteiger partial charge in [0.15, 0.2) is 0 Å². The third-order valence-corrected chi connectivity index (χ3v) is 6.31. The Labute approximate surface area is 182 Å². The van der Waals surface area contributed by atoms with Gasteiger partial charge in [-0.15, -0.1) is 0 Å². The highest BCUT2D eigenvalue weighted by atomic mass is 35.5. The van der Waals surface area contributed by atoms with Gasteiger partial charge in [-0.25, -0.2) is 4.98 Å². The largest absolute Gasteiger partial charge is 0.416 e. The van der Waals surface area contributed by atoms with Gasteiger partial charge in [-0.1, -0.05) is 48.5 Å². The number of benzene rings is 2. The number of hydrogen-bond donors (Lipinski definition) is 1. The normalized spacial score (nSPS) is 12.8. The molecule has 158 valence electrons. The van der Waals surface area contributed by atoms with E-state index in [4.69, 9.17) is 11.6 Å². The van der Waals surface area contributed by atoms with Crippen LogP contribution in [0.25, 0.3) is 10.9 Å². The quantitative estimate of drug-likeness (QED) is 0.422. The SMILES string of the molecule is CCC(Sc1cc(C)c2cccc(C)c2n1)C(=O)Nc1cc(C(F)(F)F)ccc1Cl. The molecule has 0 aliphatic rings. The molecule has 0 bridgehead atoms. The molecule has 30 heavy (non-hydrogen) atoms. The third kappa shape index (κ3) is 4.90. The van der Waals surface area contributed by atoms with Crippen molar-refractivity contribution in [3.63, 3.8) is 0 Å². The molecule has 0 radical (unpaired) electrons. The Morgan fingerprint density at radius 2 is 1.90 bits per heavy atom. The molecule has 2 aromatic carbocycles. The van der Waals surface area contributed by atoms with Gasteiger partial charge >= 0.3 is 6.18 Å². The minimum Gasteiger partial charge on any atom is -0.324 e. The second-order valence-electron chi connectivity index (χ2n) is 6.94. The van der Waals surface area contributed by atoms with Crippen LogP contribution in [0.5, 0.6) is 0 Å². The summed E-state index contributed by atoms with van der Waals surface area (Å²) in [5.41, 5.74) is 2.02. The molecule has 1 heterocycles. The number of aromatic nitrogens is 1. The van der Waals surface area contributed by atoms with Crippen LogP contribution in [-0.4, -0.2) is 16.1 Å². The monoisotopic (exact) mass is 452 g/mol. The number of halogens is 4. The Hall–Kier alpha value is -2.25. The molecule has 1 aromatic heterocycles. The van der Waals surface area contributed by atoms with Crippen molar-refractivity contribution in [1.29, 1.82) is 0 Å². The number of nitrogens with one attached hydrogen (secondary N) is 1. The van der Waals surface area contributed by atoms with E-state index < -0.39 is 22.9 Å². The Bertz CT molecular complexity index is 1100. The molecule has 0 saturated carbocycles. The predicted molar refractivity (Wildman–Crippen MR) is 116 cm³/mol. The highest BCUT2D eigenvalue weighted by Gasteiger charge is 2.31. The van der Waals surface area contributed by atoms with Crippen LogP contribution in [0.3, 0.4) is 0 Å². The van der Waals surface area contributed by atoms with Gasteiger partial charge in [-0.3, -0.25) is 4.79 Å². The number of para-hydroxylation sites is 1. The highest BCUT2D eigenvalue weighted by molar-refractivity contribution is 8.00. The summed E-state index contributed by atoms with van der Waals surface area (Å²) in [6.45, 7) is 5.80. The first-order valence-electron chi connectivity index (χ1n) is 9.31. The van der Waals surface area contributed by atoms with E-state index in [1.54, 1.807) is 0 Å². The first kappa shape index (κ1) is 22.4. The molecule has 1 unspecified atom stereocenters. The molecule has 8 heteroatoms. The second kappa shape index (κ2) is 8.86. The lowest BCUT2D eigenvalue weighted by Gasteiger charge is -2.17. The molecular formula is C22H20ClF3N2OS. The van der Waals surface area contributed by atoms with Crippen molar-refractivity contribution in [3.8, 4) is 0 Å². The second-order valence-corrected chi connectivity index (χ2v) is 8.58. The number of fused-ring (bicyclic) bond motifs is 1. The van der Waals surface area contributed by atoms with Crippen LogP contribution in [0.4, 0.5) is 18.9 Å². The molecule has 0 aliphatic heterocycles. The Kier molecular flexibility index (Phi) is 6.62. The summed E-state index contributed by atoms with van der Waals surface area (Å²) in [7, 11) is 0. The molecule has 1 atom stereocenters. The van der Waals surface area contributed by atoms with Gasteiger partial charge in [0.25, 0.3) is 0 Å². The number of nitrogens with zero attached hydrogens (tertiary/aromatic N) is 1. The summed E-state index contributed by atoms with van der Waals surface area (Å²) in [6, 6.07) is 10.7. The fourth-order valence-corrected chi connectivity index (χ4v) is 4.25. The molecule has 0 fully saturated rings. The van der Waals surface area contributed by atoms with Gasteiger partial charge in [-0.05, 0) is 55.7 Å². The average Bonchev–Trinajstić information content (AvgIpc) is 2.67. The van der Waals surface area contributed by atoms with Gasteiger partial charge in [0.05, 0.1) is 32.1 Å². The number of carbonyl (C=O) groups excluding carboxylic acids is 1. The molecule has 0 spiro atoms. The van der Waals surface area contributed by atoms with Crippen molar-refractivity contribution in [2.45, 2.75) is 43.6 Å². The number of thioether (sulfide) groups is 1. The van der Waals surface area contributed by atoms with Crippen LogP contribution in [-0.2, 0) is 11.0 Å². The molecule has 3 aromatic rings. The van der Waals surface area contributed by atoms with Gasteiger partial charge in [-0.2, -0.15) is 13.2 Å². The number of anilines is 1. The van der Waals surface area contributed by atoms with E-state index >= 15 is 0 Å². The Morgan fingerprint density at radius 3 is 2.57 bits per heavy atom. The zero-order chi connectivity index (χ0) is 22.1. The summed E-state index contributed by atoms with van der Waals surface area (Å²) in [5, 5.41) is 3.78. The van der Waals surface area contributed by atoms with E-state index in [9.17, 15) is 18.0 Å². The molecule has 3 rings (SSSR count). The highest BCUT2D eigenvalue weighted by Crippen LogP contribution is 2.35. The Balaban J connectivity index is 1.84. The smallest absolute Gasteiger partial charge is 0.324 e. The molecule has 1 N–H and O–H groups in total. The van der Waals surface area contributed by atoms with Crippen LogP contribution in [0, 0.1) is 13.8 Å². The lowest BCUT2D eigenvalue weighted by Crippen LogP contribution is -2.25. The van der Waals surface area contributed by atoms with Crippen LogP contribution < -0.4 is 5.32 Å². The van der Waals surface area contributed by atoms with Crippen molar-refractivity contribution in [1.82, 2.24) is 4.98 Å². The minimum absolute atomic E-state index is 0.0477. The van der Waals surface area contributed by atoms with Crippen molar-refractivity contribution < 1.29 is 18.0 Å². The molecule has 3 nitrogen and oxygen atoms in total. The topological polar surface area (TPSA) is 42.0 Å². The van der Waals surface area contributed by atoms with Gasteiger partial charge in [0.1, 0.15) is 0 Å². The third-order valence-electron chi connectivity index (χ3n) is 4.70. The number of amides is 1. The van der Waals surface area contributed by atoms with Crippen LogP contribution in [0.15, 0.2) is 47.5 Å². The zero-order valence-electron chi connectivity index (χ0n) is 16.6. The summed E-state index contributed by atoms with van der Waals surface area (Å²) in [5.74, 6) is -0.423. The lowest BCUT2D eigenvalue weighted by atomic mass is 10.1. The minimum atomic E-state index is -4.52. The first-order chi connectivity index (χ1) is 14.1. The molecule has 1 amide bonds. The number of rotatable bonds is 5. The lowest BCUT2D eigenvalue weighted by molar-refractivity contribution is -0.137. The van der Waals surface area contributed by atoms with Gasteiger partial charge in [0, 0.05) is 5.39 Å². The van der Waals surface area contributed by atoms with Crippen molar-refractivity contribution in [2.75, 3.05) is 5.32 Å². The molecular weight excluding hydrogens is 433 g/mol. The fourth-order valence-electron chi connectivity index (χ4n) is 3.07. The van der Waals surface area contributed by atoms with Crippen molar-refractivity contribution >= 4 is 45.9 Å². The number of pyridine rings is 1. The summed E-state index contributed by atoms with van der Waals surface area (Å²) in [4.78, 5) is 17.5. The van der Waals surface area contributed by atoms with E-state index in [1.807, 2.05) is 45.0 Å². The fraction of sp³-hybridized carbons (Fsp3) is 0.273. The predicted octanol–water partition coefficient (Wildman–Crippen LogP) is 7.03. The van der Waals surface area contributed by atoms with E-state index in [2.05, 4.69) is 10.3 Å². The van der Waals surface area contributed by atoms with Crippen LogP contribution in [0.1, 0.15) is 30.0 Å². The number of hydrogen-bond acceptors (Lipinski definition) is 3. The number of aryl methyl sites for hydroxylation is 2. The van der Waals surface area contributed by atoms with Crippen molar-refractivity contribution in [2.24, 2.45) is 0 Å². The van der Waals surface area contributed by atoms with E-state index in [1.165, 1.54) is 11.8 Å². The summed E-state index contributed by atoms with van der Waals surface area (Å²) >= 11 is 7.28. The first-order valence-corrected chi connectivity index (χ1v) is 10.6. The zero-order valence-corrected chi connectivity index (χ0v) is 18.2. The van der Waals surface area contributed by atoms with Gasteiger partial charge < -0.3 is 5.32 Å². The van der Waals surface area contributed by atoms with E-state index in [-0.39, 0.29) is 10.7 Å².